The molecule has 0 bridgehead atoms. The van der Waals surface area contributed by atoms with Crippen molar-refractivity contribution in [2.24, 2.45) is 0 Å². The summed E-state index contributed by atoms with van der Waals surface area (Å²) in [4.78, 5) is 62.7. The Balaban J connectivity index is 1.83. The van der Waals surface area contributed by atoms with E-state index >= 15 is 0 Å². The van der Waals surface area contributed by atoms with E-state index in [2.05, 4.69) is 30.5 Å². The van der Waals surface area contributed by atoms with Crippen molar-refractivity contribution in [3.8, 4) is 23.0 Å². The lowest BCUT2D eigenvalue weighted by Crippen LogP contribution is -2.40. The summed E-state index contributed by atoms with van der Waals surface area (Å²) in [6, 6.07) is 12.0. The van der Waals surface area contributed by atoms with Crippen LogP contribution in [0.15, 0.2) is 64.6 Å². The van der Waals surface area contributed by atoms with E-state index in [9.17, 15) is 34.3 Å². The predicted molar refractivity (Wildman–Crippen MR) is 146 cm³/mol. The Hall–Kier alpha value is -4.64. The summed E-state index contributed by atoms with van der Waals surface area (Å²) in [5.41, 5.74) is -0.153. The fraction of sp³-hybridized carbons (Fsp3) is 0.192. The van der Waals surface area contributed by atoms with Gasteiger partial charge in [0.25, 0.3) is 5.56 Å². The topological polar surface area (TPSA) is 206 Å². The molecule has 5 aromatic rings. The fourth-order valence-corrected chi connectivity index (χ4v) is 4.46. The van der Waals surface area contributed by atoms with E-state index in [-0.39, 0.29) is 34.5 Å². The summed E-state index contributed by atoms with van der Waals surface area (Å²) in [5.74, 6) is 0.219. The Morgan fingerprint density at radius 3 is 2.32 bits per heavy atom. The maximum absolute atomic E-state index is 13.8. The molecule has 0 unspecified atom stereocenters. The number of hydrogen-bond donors (Lipinski definition) is 3. The van der Waals surface area contributed by atoms with Crippen LogP contribution < -0.4 is 11.2 Å². The van der Waals surface area contributed by atoms with E-state index in [1.54, 1.807) is 50.2 Å². The molecule has 0 saturated heterocycles. The molecule has 5 rings (SSSR count). The highest BCUT2D eigenvalue weighted by atomic mass is 31.2. The van der Waals surface area contributed by atoms with E-state index in [0.29, 0.717) is 26.9 Å². The highest BCUT2D eigenvalue weighted by molar-refractivity contribution is 7.46. The van der Waals surface area contributed by atoms with E-state index in [1.807, 2.05) is 0 Å². The second kappa shape index (κ2) is 10.4. The van der Waals surface area contributed by atoms with Crippen molar-refractivity contribution in [2.45, 2.75) is 32.6 Å². The van der Waals surface area contributed by atoms with E-state index in [0.717, 1.165) is 0 Å². The van der Waals surface area contributed by atoms with Gasteiger partial charge in [-0.25, -0.2) is 28.9 Å². The van der Waals surface area contributed by atoms with Crippen LogP contribution in [-0.4, -0.2) is 44.0 Å². The largest absolute Gasteiger partial charge is 0.471 e. The van der Waals surface area contributed by atoms with Gasteiger partial charge in [0.15, 0.2) is 5.82 Å². The molecular weight excluding hydrogens is 553 g/mol. The zero-order chi connectivity index (χ0) is 29.5. The summed E-state index contributed by atoms with van der Waals surface area (Å²) in [6.45, 7) is 2.13. The number of hydrogen-bond acceptors (Lipinski definition) is 10. The third kappa shape index (κ3) is 5.28. The molecule has 0 radical (unpaired) electrons. The Bertz CT molecular complexity index is 2010. The van der Waals surface area contributed by atoms with Crippen LogP contribution >= 0.6 is 7.82 Å². The number of rotatable bonds is 7. The summed E-state index contributed by atoms with van der Waals surface area (Å²) in [6.07, 6.45) is 4.19. The molecule has 0 spiro atoms. The maximum atomic E-state index is 13.8. The predicted octanol–water partition coefficient (Wildman–Crippen LogP) is 1.91. The number of benzene rings is 1. The molecule has 208 valence electrons. The third-order valence-electron chi connectivity index (χ3n) is 6.43. The molecule has 4 aromatic heterocycles. The summed E-state index contributed by atoms with van der Waals surface area (Å²) in [7, 11) is -5.03. The average Bonchev–Trinajstić information content (AvgIpc) is 2.96. The van der Waals surface area contributed by atoms with Crippen LogP contribution in [0.3, 0.4) is 0 Å². The van der Waals surface area contributed by atoms with Crippen LogP contribution in [0, 0.1) is 11.3 Å². The fourth-order valence-electron chi connectivity index (χ4n) is 4.19. The molecule has 14 nitrogen and oxygen atoms in total. The van der Waals surface area contributed by atoms with Gasteiger partial charge in [-0.1, -0.05) is 12.1 Å². The highest BCUT2D eigenvalue weighted by Gasteiger charge is 2.23. The number of phosphoric acid groups is 1. The number of pyridine rings is 2. The van der Waals surface area contributed by atoms with Crippen LogP contribution in [0.5, 0.6) is 0 Å². The van der Waals surface area contributed by atoms with Crippen molar-refractivity contribution in [1.82, 2.24) is 29.1 Å². The molecule has 0 atom stereocenters. The van der Waals surface area contributed by atoms with Crippen LogP contribution in [0.1, 0.15) is 25.2 Å². The molecule has 3 N–H and O–H groups in total. The second-order valence-corrected chi connectivity index (χ2v) is 10.8. The number of aliphatic hydroxyl groups is 1. The highest BCUT2D eigenvalue weighted by Crippen LogP contribution is 2.36. The number of aliphatic hydroxyl groups excluding tert-OH is 1. The van der Waals surface area contributed by atoms with Crippen molar-refractivity contribution in [3.63, 3.8) is 0 Å². The van der Waals surface area contributed by atoms with Gasteiger partial charge in [-0.3, -0.25) is 18.9 Å². The molecule has 0 aliphatic rings. The zero-order valence-corrected chi connectivity index (χ0v) is 22.6. The van der Waals surface area contributed by atoms with Crippen LogP contribution in [-0.2, 0) is 27.8 Å². The molecule has 0 aliphatic heterocycles. The molecule has 1 aromatic carbocycles. The number of phosphoric ester groups is 1. The van der Waals surface area contributed by atoms with Gasteiger partial charge in [-0.15, -0.1) is 0 Å². The smallest absolute Gasteiger partial charge is 0.388 e. The lowest BCUT2D eigenvalue weighted by atomic mass is 9.86. The number of nitrogens with zero attached hydrogens (tertiary/aromatic N) is 7. The number of fused-ring (bicyclic) bond motifs is 3. The molecule has 0 fully saturated rings. The minimum absolute atomic E-state index is 0.0654. The summed E-state index contributed by atoms with van der Waals surface area (Å²) >= 11 is 0. The Morgan fingerprint density at radius 2 is 1.71 bits per heavy atom. The van der Waals surface area contributed by atoms with E-state index in [1.165, 1.54) is 23.2 Å². The molecule has 0 aliphatic carbocycles. The Kier molecular flexibility index (Phi) is 7.08. The summed E-state index contributed by atoms with van der Waals surface area (Å²) < 4.78 is 17.6. The van der Waals surface area contributed by atoms with Gasteiger partial charge in [0.05, 0.1) is 39.3 Å². The molecular formula is C26H22N7O7P. The van der Waals surface area contributed by atoms with Crippen LogP contribution in [0.2, 0.25) is 0 Å². The monoisotopic (exact) mass is 575 g/mol. The zero-order valence-electron chi connectivity index (χ0n) is 21.7. The van der Waals surface area contributed by atoms with Crippen molar-refractivity contribution in [1.29, 1.82) is 5.26 Å². The summed E-state index contributed by atoms with van der Waals surface area (Å²) in [5, 5.41) is 18.7. The van der Waals surface area contributed by atoms with E-state index < -0.39 is 31.2 Å². The van der Waals surface area contributed by atoms with Crippen molar-refractivity contribution >= 4 is 29.8 Å². The Labute approximate surface area is 231 Å². The maximum Gasteiger partial charge on any atom is 0.471 e. The van der Waals surface area contributed by atoms with Crippen molar-refractivity contribution in [2.75, 3.05) is 0 Å². The third-order valence-corrected chi connectivity index (χ3v) is 6.88. The minimum Gasteiger partial charge on any atom is -0.388 e. The van der Waals surface area contributed by atoms with Crippen LogP contribution in [0.25, 0.3) is 38.9 Å². The first kappa shape index (κ1) is 27.9. The minimum atomic E-state index is -5.03. The van der Waals surface area contributed by atoms with Gasteiger partial charge >= 0.3 is 13.5 Å². The van der Waals surface area contributed by atoms with Gasteiger partial charge in [0.1, 0.15) is 18.9 Å². The average molecular weight is 575 g/mol. The normalized spacial score (nSPS) is 12.1. The SMILES string of the molecule is CC(C)(C#N)c1ccc(-n2c(=O)n(COP(=O)(O)O)c(=O)c3cnc4ccc(-c5cnc(CO)nc5)nc4c32)cc1. The molecule has 15 heteroatoms. The van der Waals surface area contributed by atoms with Gasteiger partial charge < -0.3 is 14.9 Å². The first-order chi connectivity index (χ1) is 19.4. The first-order valence-corrected chi connectivity index (χ1v) is 13.6. The molecule has 4 heterocycles. The Morgan fingerprint density at radius 1 is 1.02 bits per heavy atom. The van der Waals surface area contributed by atoms with Crippen molar-refractivity contribution in [3.05, 3.63) is 87.2 Å². The van der Waals surface area contributed by atoms with Gasteiger partial charge in [-0.2, -0.15) is 5.26 Å². The lowest BCUT2D eigenvalue weighted by Gasteiger charge is -2.18. The lowest BCUT2D eigenvalue weighted by molar-refractivity contribution is 0.148. The standard InChI is InChI=1S/C26H22N7O7P/c1-26(2,13-27)16-3-5-17(6-4-16)33-23-18(24(35)32(25(33)36)14-40-41(37,38)39)11-28-20-8-7-19(31-22(20)23)15-9-29-21(12-34)30-10-15/h3-11,34H,12,14H2,1-2H3,(H2,37,38,39). The molecule has 0 amide bonds. The second-order valence-electron chi connectivity index (χ2n) is 9.51. The number of nitriles is 1. The number of aromatic nitrogens is 6. The molecule has 41 heavy (non-hydrogen) atoms. The quantitative estimate of drug-likeness (QED) is 0.188. The molecule has 0 saturated carbocycles. The van der Waals surface area contributed by atoms with Gasteiger partial charge in [0, 0.05) is 24.2 Å². The van der Waals surface area contributed by atoms with Crippen molar-refractivity contribution < 1.29 is 24.0 Å². The van der Waals surface area contributed by atoms with Gasteiger partial charge in [-0.05, 0) is 43.7 Å². The first-order valence-electron chi connectivity index (χ1n) is 12.0. The van der Waals surface area contributed by atoms with Crippen LogP contribution in [0.4, 0.5) is 0 Å². The van der Waals surface area contributed by atoms with Gasteiger partial charge in [0.2, 0.25) is 0 Å². The van der Waals surface area contributed by atoms with E-state index in [4.69, 9.17) is 0 Å².